The van der Waals surface area contributed by atoms with Crippen LogP contribution in [-0.4, -0.2) is 14.1 Å². The van der Waals surface area contributed by atoms with E-state index in [2.05, 4.69) is 134 Å². The first-order chi connectivity index (χ1) is 14.4. The summed E-state index contributed by atoms with van der Waals surface area (Å²) < 4.78 is 0. The van der Waals surface area contributed by atoms with E-state index in [4.69, 9.17) is 0 Å². The van der Waals surface area contributed by atoms with Gasteiger partial charge in [0.05, 0.1) is 17.4 Å². The normalized spacial score (nSPS) is 23.3. The summed E-state index contributed by atoms with van der Waals surface area (Å²) in [6.45, 7) is 4.44. The third-order valence-corrected chi connectivity index (χ3v) is 5.88. The molecule has 2 aromatic carbocycles. The fourth-order valence-electron chi connectivity index (χ4n) is 3.85. The average Bonchev–Trinajstić information content (AvgIpc) is 3.20. The summed E-state index contributed by atoms with van der Waals surface area (Å²) in [6.07, 6.45) is 14.7. The van der Waals surface area contributed by atoms with Crippen molar-refractivity contribution in [1.82, 2.24) is 5.43 Å². The van der Waals surface area contributed by atoms with E-state index in [9.17, 15) is 0 Å². The molecule has 0 aromatic heterocycles. The summed E-state index contributed by atoms with van der Waals surface area (Å²) in [4.78, 5) is 2.13. The van der Waals surface area contributed by atoms with Crippen LogP contribution in [0.3, 0.4) is 0 Å². The minimum atomic E-state index is 0.0606. The summed E-state index contributed by atoms with van der Waals surface area (Å²) >= 11 is 0. The Morgan fingerprint density at radius 2 is 1.80 bits per heavy atom. The Kier molecular flexibility index (Phi) is 5.54. The molecule has 0 radical (unpaired) electrons. The van der Waals surface area contributed by atoms with Crippen LogP contribution in [0.5, 0.6) is 0 Å². The van der Waals surface area contributed by atoms with Gasteiger partial charge in [-0.3, -0.25) is 10.4 Å². The number of hydrazine groups is 1. The minimum absolute atomic E-state index is 0.0606. The molecule has 1 aliphatic carbocycles. The van der Waals surface area contributed by atoms with Gasteiger partial charge in [-0.05, 0) is 55.3 Å². The van der Waals surface area contributed by atoms with E-state index in [0.717, 1.165) is 17.8 Å². The van der Waals surface area contributed by atoms with Crippen molar-refractivity contribution in [2.45, 2.75) is 26.3 Å². The number of para-hydroxylation sites is 1. The van der Waals surface area contributed by atoms with Crippen LogP contribution in [-0.2, 0) is 0 Å². The lowest BCUT2D eigenvalue weighted by Crippen LogP contribution is -2.34. The number of rotatable bonds is 5. The summed E-state index contributed by atoms with van der Waals surface area (Å²) in [6, 6.07) is 19.5. The lowest BCUT2D eigenvalue weighted by molar-refractivity contribution is 0.552. The molecule has 0 saturated carbocycles. The summed E-state index contributed by atoms with van der Waals surface area (Å²) in [5.74, 6) is 0. The number of nitrogens with one attached hydrogen (secondary N) is 1. The second kappa shape index (κ2) is 8.27. The molecule has 1 heterocycles. The molecule has 1 aliphatic heterocycles. The van der Waals surface area contributed by atoms with E-state index in [1.807, 2.05) is 0 Å². The van der Waals surface area contributed by atoms with Gasteiger partial charge in [0.1, 0.15) is 0 Å². The Morgan fingerprint density at radius 3 is 2.43 bits per heavy atom. The van der Waals surface area contributed by atoms with Crippen LogP contribution < -0.4 is 15.3 Å². The number of hydrogen-bond acceptors (Lipinski definition) is 3. The highest BCUT2D eigenvalue weighted by Gasteiger charge is 2.26. The number of anilines is 2. The summed E-state index contributed by atoms with van der Waals surface area (Å²) in [5.41, 5.74) is 9.78. The Balaban J connectivity index is 1.61. The van der Waals surface area contributed by atoms with Gasteiger partial charge in [-0.25, -0.2) is 0 Å². The molecule has 0 saturated heterocycles. The van der Waals surface area contributed by atoms with Crippen molar-refractivity contribution in [2.24, 2.45) is 5.41 Å². The fourth-order valence-corrected chi connectivity index (χ4v) is 3.85. The van der Waals surface area contributed by atoms with Gasteiger partial charge in [0.25, 0.3) is 0 Å². The molecular weight excluding hydrogens is 366 g/mol. The fraction of sp³-hybridized carbons (Fsp3) is 0.259. The van der Waals surface area contributed by atoms with Gasteiger partial charge in [0.2, 0.25) is 0 Å². The maximum Gasteiger partial charge on any atom is 0.0958 e. The van der Waals surface area contributed by atoms with Crippen LogP contribution in [0.15, 0.2) is 102 Å². The van der Waals surface area contributed by atoms with Gasteiger partial charge in [0.15, 0.2) is 0 Å². The maximum atomic E-state index is 3.62. The van der Waals surface area contributed by atoms with Gasteiger partial charge in [-0.2, -0.15) is 0 Å². The molecule has 2 unspecified atom stereocenters. The van der Waals surface area contributed by atoms with Gasteiger partial charge in [-0.1, -0.05) is 67.1 Å². The Hall–Kier alpha value is -3.20. The topological polar surface area (TPSA) is 18.5 Å². The van der Waals surface area contributed by atoms with Crippen molar-refractivity contribution in [3.8, 4) is 0 Å². The second-order valence-electron chi connectivity index (χ2n) is 8.69. The van der Waals surface area contributed by atoms with Gasteiger partial charge < -0.3 is 4.90 Å². The molecular formula is C27H31N3. The van der Waals surface area contributed by atoms with Crippen LogP contribution in [0.4, 0.5) is 11.4 Å². The van der Waals surface area contributed by atoms with E-state index < -0.39 is 0 Å². The molecule has 30 heavy (non-hydrogen) atoms. The summed E-state index contributed by atoms with van der Waals surface area (Å²) in [5, 5.41) is 2.24. The first kappa shape index (κ1) is 20.1. The standard InChI is InChI=1S/C27H31N3/c1-21-14-17-27(2,18-15-21)19-16-23-20-26(22-10-12-24(13-11-22)29(3)4)30(28-23)25-8-6-5-7-9-25/h5-17,19-20,26,28H,18H2,1-4H3. The Bertz CT molecular complexity index is 996. The average molecular weight is 398 g/mol. The number of hydrogen-bond donors (Lipinski definition) is 1. The van der Waals surface area contributed by atoms with Crippen molar-refractivity contribution in [1.29, 1.82) is 0 Å². The van der Waals surface area contributed by atoms with Crippen LogP contribution in [0.1, 0.15) is 31.9 Å². The van der Waals surface area contributed by atoms with E-state index in [1.54, 1.807) is 0 Å². The predicted molar refractivity (Wildman–Crippen MR) is 128 cm³/mol. The van der Waals surface area contributed by atoms with Crippen LogP contribution in [0.25, 0.3) is 0 Å². The van der Waals surface area contributed by atoms with E-state index in [-0.39, 0.29) is 11.5 Å². The van der Waals surface area contributed by atoms with Crippen molar-refractivity contribution in [2.75, 3.05) is 24.0 Å². The van der Waals surface area contributed by atoms with Gasteiger partial charge >= 0.3 is 0 Å². The lowest BCUT2D eigenvalue weighted by atomic mass is 9.82. The number of nitrogens with zero attached hydrogens (tertiary/aromatic N) is 2. The van der Waals surface area contributed by atoms with E-state index in [0.29, 0.717) is 0 Å². The highest BCUT2D eigenvalue weighted by Crippen LogP contribution is 2.35. The molecule has 154 valence electrons. The molecule has 3 heteroatoms. The molecule has 2 atom stereocenters. The summed E-state index contributed by atoms with van der Waals surface area (Å²) in [7, 11) is 4.14. The Morgan fingerprint density at radius 1 is 1.07 bits per heavy atom. The lowest BCUT2D eigenvalue weighted by Gasteiger charge is -2.28. The smallest absolute Gasteiger partial charge is 0.0958 e. The SMILES string of the molecule is CC1=CCC(C)(C=CC2=CC(c3ccc(N(C)C)cc3)N(c3ccccc3)N2)C=C1. The second-order valence-corrected chi connectivity index (χ2v) is 8.69. The molecule has 2 aromatic rings. The maximum absolute atomic E-state index is 3.62. The van der Waals surface area contributed by atoms with E-state index in [1.165, 1.54) is 16.8 Å². The van der Waals surface area contributed by atoms with Crippen LogP contribution in [0, 0.1) is 5.41 Å². The van der Waals surface area contributed by atoms with E-state index >= 15 is 0 Å². The Labute approximate surface area is 180 Å². The van der Waals surface area contributed by atoms with Crippen molar-refractivity contribution < 1.29 is 0 Å². The molecule has 3 nitrogen and oxygen atoms in total. The zero-order chi connectivity index (χ0) is 21.1. The third-order valence-electron chi connectivity index (χ3n) is 5.88. The first-order valence-electron chi connectivity index (χ1n) is 10.6. The molecule has 0 spiro atoms. The highest BCUT2D eigenvalue weighted by molar-refractivity contribution is 5.55. The minimum Gasteiger partial charge on any atom is -0.378 e. The predicted octanol–water partition coefficient (Wildman–Crippen LogP) is 6.17. The molecule has 0 fully saturated rings. The zero-order valence-corrected chi connectivity index (χ0v) is 18.3. The van der Waals surface area contributed by atoms with Crippen LogP contribution >= 0.6 is 0 Å². The van der Waals surface area contributed by atoms with Crippen LogP contribution in [0.2, 0.25) is 0 Å². The number of benzene rings is 2. The van der Waals surface area contributed by atoms with Crippen molar-refractivity contribution >= 4 is 11.4 Å². The first-order valence-corrected chi connectivity index (χ1v) is 10.6. The largest absolute Gasteiger partial charge is 0.378 e. The van der Waals surface area contributed by atoms with Gasteiger partial charge in [0, 0.05) is 25.2 Å². The third kappa shape index (κ3) is 4.35. The highest BCUT2D eigenvalue weighted by atomic mass is 15.5. The molecule has 0 amide bonds. The molecule has 2 aliphatic rings. The zero-order valence-electron chi connectivity index (χ0n) is 18.3. The van der Waals surface area contributed by atoms with Gasteiger partial charge in [-0.15, -0.1) is 0 Å². The molecule has 0 bridgehead atoms. The molecule has 4 rings (SSSR count). The quantitative estimate of drug-likeness (QED) is 0.651. The monoisotopic (exact) mass is 397 g/mol. The van der Waals surface area contributed by atoms with Crippen molar-refractivity contribution in [3.63, 3.8) is 0 Å². The van der Waals surface area contributed by atoms with Crippen molar-refractivity contribution in [3.05, 3.63) is 108 Å². The molecule has 1 N–H and O–H groups in total. The number of allylic oxidation sites excluding steroid dienone is 6.